The molecule has 0 aliphatic heterocycles. The zero-order valence-electron chi connectivity index (χ0n) is 9.54. The molecular weight excluding hydrogens is 226 g/mol. The van der Waals surface area contributed by atoms with Crippen molar-refractivity contribution in [2.45, 2.75) is 32.2 Å². The lowest BCUT2D eigenvalue weighted by Gasteiger charge is -2.04. The molecule has 1 aliphatic carbocycles. The van der Waals surface area contributed by atoms with Gasteiger partial charge in [-0.05, 0) is 24.6 Å². The Bertz CT molecular complexity index is 434. The van der Waals surface area contributed by atoms with E-state index in [1.807, 2.05) is 19.1 Å². The number of aromatic nitrogens is 1. The van der Waals surface area contributed by atoms with E-state index >= 15 is 0 Å². The Morgan fingerprint density at radius 2 is 2.35 bits per heavy atom. The van der Waals surface area contributed by atoms with Gasteiger partial charge in [-0.25, -0.2) is 8.78 Å². The van der Waals surface area contributed by atoms with Crippen LogP contribution in [0.15, 0.2) is 18.3 Å². The second kappa shape index (κ2) is 4.39. The van der Waals surface area contributed by atoms with Gasteiger partial charge in [0.1, 0.15) is 0 Å². The molecule has 0 aromatic carbocycles. The summed E-state index contributed by atoms with van der Waals surface area (Å²) >= 11 is 0. The Morgan fingerprint density at radius 1 is 1.65 bits per heavy atom. The van der Waals surface area contributed by atoms with E-state index in [2.05, 4.69) is 10.3 Å². The third-order valence-electron chi connectivity index (χ3n) is 2.83. The summed E-state index contributed by atoms with van der Waals surface area (Å²) in [6, 6.07) is 3.71. The smallest absolute Gasteiger partial charge is 0.252 e. The normalized spacial score (nSPS) is 21.0. The molecule has 1 saturated carbocycles. The number of hydrogen-bond acceptors (Lipinski definition) is 2. The first-order chi connectivity index (χ1) is 7.97. The van der Waals surface area contributed by atoms with Crippen LogP contribution in [0, 0.1) is 12.8 Å². The number of amides is 1. The first kappa shape index (κ1) is 12.0. The van der Waals surface area contributed by atoms with Crippen LogP contribution in [0.25, 0.3) is 0 Å². The second-order valence-electron chi connectivity index (χ2n) is 4.47. The monoisotopic (exact) mass is 240 g/mol. The molecule has 0 unspecified atom stereocenters. The molecule has 5 heteroatoms. The van der Waals surface area contributed by atoms with Gasteiger partial charge in [0.2, 0.25) is 5.91 Å². The van der Waals surface area contributed by atoms with E-state index in [0.717, 1.165) is 11.3 Å². The summed E-state index contributed by atoms with van der Waals surface area (Å²) in [7, 11) is 0. The molecule has 2 rings (SSSR count). The number of alkyl halides is 2. The SMILES string of the molecule is Cc1ccnc(CNC(=O)C[C@H]2CC2(F)F)c1. The molecule has 1 heterocycles. The van der Waals surface area contributed by atoms with Gasteiger partial charge in [-0.2, -0.15) is 0 Å². The number of rotatable bonds is 4. The number of carbonyl (C=O) groups is 1. The number of aryl methyl sites for hydroxylation is 1. The van der Waals surface area contributed by atoms with E-state index in [4.69, 9.17) is 0 Å². The fourth-order valence-electron chi connectivity index (χ4n) is 1.67. The van der Waals surface area contributed by atoms with Crippen LogP contribution < -0.4 is 5.32 Å². The highest BCUT2D eigenvalue weighted by Crippen LogP contribution is 2.50. The molecule has 0 radical (unpaired) electrons. The molecule has 0 spiro atoms. The Balaban J connectivity index is 1.77. The predicted molar refractivity (Wildman–Crippen MR) is 58.5 cm³/mol. The number of carbonyl (C=O) groups excluding carboxylic acids is 1. The van der Waals surface area contributed by atoms with Crippen molar-refractivity contribution in [2.75, 3.05) is 0 Å². The Labute approximate surface area is 98.2 Å². The fourth-order valence-corrected chi connectivity index (χ4v) is 1.67. The minimum absolute atomic E-state index is 0.0984. The molecule has 92 valence electrons. The van der Waals surface area contributed by atoms with Gasteiger partial charge in [0.25, 0.3) is 5.92 Å². The highest BCUT2D eigenvalue weighted by Gasteiger charge is 2.57. The Morgan fingerprint density at radius 3 is 2.94 bits per heavy atom. The van der Waals surface area contributed by atoms with Crippen molar-refractivity contribution in [3.63, 3.8) is 0 Å². The van der Waals surface area contributed by atoms with Crippen LogP contribution in [0.1, 0.15) is 24.1 Å². The average Bonchev–Trinajstić information content (AvgIpc) is 2.83. The average molecular weight is 240 g/mol. The van der Waals surface area contributed by atoms with Crippen molar-refractivity contribution in [2.24, 2.45) is 5.92 Å². The largest absolute Gasteiger partial charge is 0.350 e. The molecule has 17 heavy (non-hydrogen) atoms. The molecule has 1 amide bonds. The van der Waals surface area contributed by atoms with Crippen LogP contribution >= 0.6 is 0 Å². The maximum absolute atomic E-state index is 12.6. The van der Waals surface area contributed by atoms with Gasteiger partial charge in [-0.1, -0.05) is 0 Å². The Kier molecular flexibility index (Phi) is 3.09. The van der Waals surface area contributed by atoms with Crippen LogP contribution in [0.2, 0.25) is 0 Å². The molecule has 0 bridgehead atoms. The summed E-state index contributed by atoms with van der Waals surface area (Å²) in [6.45, 7) is 2.22. The van der Waals surface area contributed by atoms with E-state index in [9.17, 15) is 13.6 Å². The molecule has 1 atom stereocenters. The molecule has 1 N–H and O–H groups in total. The number of pyridine rings is 1. The quantitative estimate of drug-likeness (QED) is 0.875. The van der Waals surface area contributed by atoms with Crippen LogP contribution in [0.4, 0.5) is 8.78 Å². The van der Waals surface area contributed by atoms with Crippen LogP contribution in [0.3, 0.4) is 0 Å². The van der Waals surface area contributed by atoms with E-state index in [-0.39, 0.29) is 18.7 Å². The van der Waals surface area contributed by atoms with Crippen molar-refractivity contribution < 1.29 is 13.6 Å². The lowest BCUT2D eigenvalue weighted by Crippen LogP contribution is -2.24. The standard InChI is InChI=1S/C12H14F2N2O/c1-8-2-3-15-10(4-8)7-16-11(17)5-9-6-12(9,13)14/h2-4,9H,5-7H2,1H3,(H,16,17)/t9-/m0/s1. The molecule has 3 nitrogen and oxygen atoms in total. The van der Waals surface area contributed by atoms with Crippen molar-refractivity contribution >= 4 is 5.91 Å². The lowest BCUT2D eigenvalue weighted by atomic mass is 10.2. The third-order valence-corrected chi connectivity index (χ3v) is 2.83. The summed E-state index contributed by atoms with van der Waals surface area (Å²) in [5.41, 5.74) is 1.79. The molecular formula is C12H14F2N2O. The van der Waals surface area contributed by atoms with E-state index in [1.165, 1.54) is 0 Å². The van der Waals surface area contributed by atoms with Gasteiger partial charge in [0.05, 0.1) is 12.2 Å². The van der Waals surface area contributed by atoms with E-state index in [0.29, 0.717) is 6.54 Å². The van der Waals surface area contributed by atoms with Gasteiger partial charge in [-0.3, -0.25) is 9.78 Å². The highest BCUT2D eigenvalue weighted by molar-refractivity contribution is 5.76. The van der Waals surface area contributed by atoms with Crippen LogP contribution in [-0.2, 0) is 11.3 Å². The molecule has 1 fully saturated rings. The number of nitrogens with one attached hydrogen (secondary N) is 1. The van der Waals surface area contributed by atoms with Crippen LogP contribution in [0.5, 0.6) is 0 Å². The second-order valence-corrected chi connectivity index (χ2v) is 4.47. The van der Waals surface area contributed by atoms with Gasteiger partial charge < -0.3 is 5.32 Å². The topological polar surface area (TPSA) is 42.0 Å². The minimum atomic E-state index is -2.63. The van der Waals surface area contributed by atoms with Gasteiger partial charge in [-0.15, -0.1) is 0 Å². The minimum Gasteiger partial charge on any atom is -0.350 e. The molecule has 1 aromatic rings. The van der Waals surface area contributed by atoms with Gasteiger partial charge in [0, 0.05) is 25.0 Å². The van der Waals surface area contributed by atoms with Gasteiger partial charge in [0.15, 0.2) is 0 Å². The fraction of sp³-hybridized carbons (Fsp3) is 0.500. The van der Waals surface area contributed by atoms with Crippen molar-refractivity contribution in [3.05, 3.63) is 29.6 Å². The maximum atomic E-state index is 12.6. The first-order valence-corrected chi connectivity index (χ1v) is 5.53. The summed E-state index contributed by atoms with van der Waals surface area (Å²) in [6.07, 6.45) is 1.40. The first-order valence-electron chi connectivity index (χ1n) is 5.53. The molecule has 1 aromatic heterocycles. The van der Waals surface area contributed by atoms with E-state index < -0.39 is 11.8 Å². The van der Waals surface area contributed by atoms with Crippen molar-refractivity contribution in [1.82, 2.24) is 10.3 Å². The molecule has 0 saturated heterocycles. The number of halogens is 2. The summed E-state index contributed by atoms with van der Waals surface area (Å²) in [4.78, 5) is 15.4. The highest BCUT2D eigenvalue weighted by atomic mass is 19.3. The molecule has 1 aliphatic rings. The zero-order chi connectivity index (χ0) is 12.5. The van der Waals surface area contributed by atoms with Crippen LogP contribution in [-0.4, -0.2) is 16.8 Å². The third kappa shape index (κ3) is 3.22. The van der Waals surface area contributed by atoms with E-state index in [1.54, 1.807) is 6.20 Å². The van der Waals surface area contributed by atoms with Crippen molar-refractivity contribution in [1.29, 1.82) is 0 Å². The predicted octanol–water partition coefficient (Wildman–Crippen LogP) is 2.05. The Hall–Kier alpha value is -1.52. The summed E-state index contributed by atoms with van der Waals surface area (Å²) in [5, 5.41) is 2.60. The number of hydrogen-bond donors (Lipinski definition) is 1. The summed E-state index contributed by atoms with van der Waals surface area (Å²) in [5.74, 6) is -3.73. The zero-order valence-corrected chi connectivity index (χ0v) is 9.54. The van der Waals surface area contributed by atoms with Gasteiger partial charge >= 0.3 is 0 Å². The maximum Gasteiger partial charge on any atom is 0.252 e. The van der Waals surface area contributed by atoms with Crippen molar-refractivity contribution in [3.8, 4) is 0 Å². The summed E-state index contributed by atoms with van der Waals surface area (Å²) < 4.78 is 25.2. The number of nitrogens with zero attached hydrogens (tertiary/aromatic N) is 1. The lowest BCUT2D eigenvalue weighted by molar-refractivity contribution is -0.122.